The van der Waals surface area contributed by atoms with Crippen LogP contribution in [0.2, 0.25) is 0 Å². The first-order valence-electron chi connectivity index (χ1n) is 4.09. The van der Waals surface area contributed by atoms with Gasteiger partial charge in [-0.3, -0.25) is 0 Å². The molecule has 6 nitrogen and oxygen atoms in total. The molecule has 1 rings (SSSR count). The molecule has 2 unspecified atom stereocenters. The van der Waals surface area contributed by atoms with Crippen LogP contribution < -0.4 is 0 Å². The summed E-state index contributed by atoms with van der Waals surface area (Å²) < 4.78 is 4.91. The van der Waals surface area contributed by atoms with Crippen LogP contribution in [0.4, 0.5) is 0 Å². The maximum Gasteiger partial charge on any atom is 0.342 e. The average molecular weight is 204 g/mol. The van der Waals surface area contributed by atoms with Crippen molar-refractivity contribution < 1.29 is 29.2 Å². The van der Waals surface area contributed by atoms with Crippen molar-refractivity contribution >= 4 is 11.9 Å². The van der Waals surface area contributed by atoms with Gasteiger partial charge in [0, 0.05) is 0 Å². The highest BCUT2D eigenvalue weighted by atomic mass is 17.3. The Kier molecular flexibility index (Phi) is 2.77. The SMILES string of the molecule is CC(C)(C)OC(=O)C1OOC1C(=O)O. The van der Waals surface area contributed by atoms with E-state index in [0.29, 0.717) is 0 Å². The van der Waals surface area contributed by atoms with Crippen LogP contribution in [-0.4, -0.2) is 34.9 Å². The minimum atomic E-state index is -1.26. The van der Waals surface area contributed by atoms with Crippen molar-refractivity contribution in [1.29, 1.82) is 0 Å². The summed E-state index contributed by atoms with van der Waals surface area (Å²) in [5, 5.41) is 8.54. The van der Waals surface area contributed by atoms with Crippen LogP contribution in [0.25, 0.3) is 0 Å². The lowest BCUT2D eigenvalue weighted by Gasteiger charge is -2.31. The fraction of sp³-hybridized carbons (Fsp3) is 0.750. The number of aliphatic carboxylic acids is 1. The van der Waals surface area contributed by atoms with Gasteiger partial charge in [-0.1, -0.05) is 0 Å². The molecular weight excluding hydrogens is 192 g/mol. The summed E-state index contributed by atoms with van der Waals surface area (Å²) in [5.41, 5.74) is -0.668. The Morgan fingerprint density at radius 1 is 1.21 bits per heavy atom. The first kappa shape index (κ1) is 10.9. The molecule has 1 heterocycles. The highest BCUT2D eigenvalue weighted by Gasteiger charge is 2.48. The van der Waals surface area contributed by atoms with E-state index < -0.39 is 29.7 Å². The van der Waals surface area contributed by atoms with Crippen molar-refractivity contribution in [3.05, 3.63) is 0 Å². The van der Waals surface area contributed by atoms with Crippen LogP contribution in [0.15, 0.2) is 0 Å². The van der Waals surface area contributed by atoms with E-state index in [-0.39, 0.29) is 0 Å². The number of hydrogen-bond donors (Lipinski definition) is 1. The Hall–Kier alpha value is -1.14. The van der Waals surface area contributed by atoms with Gasteiger partial charge in [-0.05, 0) is 20.8 Å². The molecule has 80 valence electrons. The zero-order chi connectivity index (χ0) is 10.9. The standard InChI is InChI=1S/C8H12O6/c1-8(2,3)12-7(11)5-4(6(9)10)13-14-5/h4-5H,1-3H3,(H,9,10). The predicted molar refractivity (Wildman–Crippen MR) is 43.2 cm³/mol. The largest absolute Gasteiger partial charge is 0.479 e. The zero-order valence-electron chi connectivity index (χ0n) is 8.14. The fourth-order valence-electron chi connectivity index (χ4n) is 0.860. The number of carboxylic acid groups (broad SMARTS) is 1. The van der Waals surface area contributed by atoms with Gasteiger partial charge in [0.1, 0.15) is 5.60 Å². The van der Waals surface area contributed by atoms with Crippen LogP contribution in [0.1, 0.15) is 20.8 Å². The lowest BCUT2D eigenvalue weighted by atomic mass is 10.1. The molecule has 1 aliphatic heterocycles. The highest BCUT2D eigenvalue weighted by molar-refractivity contribution is 5.85. The summed E-state index contributed by atoms with van der Waals surface area (Å²) >= 11 is 0. The molecule has 0 radical (unpaired) electrons. The smallest absolute Gasteiger partial charge is 0.342 e. The van der Waals surface area contributed by atoms with Crippen LogP contribution in [-0.2, 0) is 24.1 Å². The quantitative estimate of drug-likeness (QED) is 0.508. The summed E-state index contributed by atoms with van der Waals surface area (Å²) in [6, 6.07) is 0. The zero-order valence-corrected chi connectivity index (χ0v) is 8.14. The predicted octanol–water partition coefficient (Wildman–Crippen LogP) is 0.112. The number of carbonyl (C=O) groups is 2. The van der Waals surface area contributed by atoms with Gasteiger partial charge in [0.2, 0.25) is 12.2 Å². The molecular formula is C8H12O6. The number of hydrogen-bond acceptors (Lipinski definition) is 5. The van der Waals surface area contributed by atoms with Gasteiger partial charge in [-0.15, -0.1) is 0 Å². The number of carbonyl (C=O) groups excluding carboxylic acids is 1. The van der Waals surface area contributed by atoms with E-state index >= 15 is 0 Å². The van der Waals surface area contributed by atoms with E-state index in [4.69, 9.17) is 9.84 Å². The topological polar surface area (TPSA) is 82.1 Å². The molecule has 14 heavy (non-hydrogen) atoms. The minimum absolute atomic E-state index is 0.668. The van der Waals surface area contributed by atoms with Gasteiger partial charge >= 0.3 is 11.9 Å². The lowest BCUT2D eigenvalue weighted by molar-refractivity contribution is -0.444. The minimum Gasteiger partial charge on any atom is -0.479 e. The third-order valence-corrected chi connectivity index (χ3v) is 1.42. The fourth-order valence-corrected chi connectivity index (χ4v) is 0.860. The van der Waals surface area contributed by atoms with Crippen LogP contribution >= 0.6 is 0 Å². The van der Waals surface area contributed by atoms with Crippen LogP contribution in [0.3, 0.4) is 0 Å². The van der Waals surface area contributed by atoms with Gasteiger partial charge in [-0.2, -0.15) is 0 Å². The van der Waals surface area contributed by atoms with Gasteiger partial charge in [0.25, 0.3) is 0 Å². The Morgan fingerprint density at radius 2 is 1.71 bits per heavy atom. The summed E-state index contributed by atoms with van der Waals surface area (Å²) in [7, 11) is 0. The van der Waals surface area contributed by atoms with E-state index in [1.165, 1.54) is 0 Å². The summed E-state index contributed by atoms with van der Waals surface area (Å²) in [6.07, 6.45) is -2.42. The molecule has 6 heteroatoms. The maximum absolute atomic E-state index is 11.3. The van der Waals surface area contributed by atoms with Crippen molar-refractivity contribution in [3.8, 4) is 0 Å². The number of carboxylic acids is 1. The van der Waals surface area contributed by atoms with Gasteiger partial charge in [0.05, 0.1) is 0 Å². The number of ether oxygens (including phenoxy) is 1. The summed E-state index contributed by atoms with van der Waals surface area (Å²) in [4.78, 5) is 30.3. The number of esters is 1. The molecule has 1 saturated heterocycles. The van der Waals surface area contributed by atoms with Crippen molar-refractivity contribution in [2.75, 3.05) is 0 Å². The number of rotatable bonds is 2. The van der Waals surface area contributed by atoms with Crippen LogP contribution in [0.5, 0.6) is 0 Å². The summed E-state index contributed by atoms with van der Waals surface area (Å²) in [5.74, 6) is -1.97. The Bertz CT molecular complexity index is 253. The van der Waals surface area contributed by atoms with Crippen LogP contribution in [0, 0.1) is 0 Å². The Morgan fingerprint density at radius 3 is 2.00 bits per heavy atom. The monoisotopic (exact) mass is 204 g/mol. The molecule has 0 aromatic carbocycles. The molecule has 2 atom stereocenters. The second kappa shape index (κ2) is 3.55. The van der Waals surface area contributed by atoms with E-state index in [1.807, 2.05) is 0 Å². The molecule has 0 spiro atoms. The van der Waals surface area contributed by atoms with Crippen molar-refractivity contribution in [1.82, 2.24) is 0 Å². The lowest BCUT2D eigenvalue weighted by Crippen LogP contribution is -2.54. The molecule has 0 aliphatic carbocycles. The van der Waals surface area contributed by atoms with E-state index in [1.54, 1.807) is 20.8 Å². The van der Waals surface area contributed by atoms with E-state index in [9.17, 15) is 9.59 Å². The molecule has 0 aromatic rings. The molecule has 0 bridgehead atoms. The molecule has 1 N–H and O–H groups in total. The first-order chi connectivity index (χ1) is 6.31. The Balaban J connectivity index is 2.51. The molecule has 0 amide bonds. The highest BCUT2D eigenvalue weighted by Crippen LogP contribution is 2.21. The van der Waals surface area contributed by atoms with Gasteiger partial charge in [0.15, 0.2) is 0 Å². The average Bonchev–Trinajstić information content (AvgIpc) is 1.75. The molecule has 0 saturated carbocycles. The van der Waals surface area contributed by atoms with Crippen molar-refractivity contribution in [2.24, 2.45) is 0 Å². The molecule has 1 aliphatic rings. The van der Waals surface area contributed by atoms with Crippen molar-refractivity contribution in [3.63, 3.8) is 0 Å². The molecule has 1 fully saturated rings. The van der Waals surface area contributed by atoms with Gasteiger partial charge in [-0.25, -0.2) is 19.4 Å². The summed E-state index contributed by atoms with van der Waals surface area (Å²) in [6.45, 7) is 5.04. The third kappa shape index (κ3) is 2.43. The van der Waals surface area contributed by atoms with E-state index in [0.717, 1.165) is 0 Å². The second-order valence-electron chi connectivity index (χ2n) is 3.91. The maximum atomic E-state index is 11.3. The van der Waals surface area contributed by atoms with E-state index in [2.05, 4.69) is 9.78 Å². The molecule has 0 aromatic heterocycles. The second-order valence-corrected chi connectivity index (χ2v) is 3.91. The third-order valence-electron chi connectivity index (χ3n) is 1.42. The van der Waals surface area contributed by atoms with Crippen molar-refractivity contribution in [2.45, 2.75) is 38.6 Å². The normalized spacial score (nSPS) is 26.5. The Labute approximate surface area is 80.7 Å². The first-order valence-corrected chi connectivity index (χ1v) is 4.09. The van der Waals surface area contributed by atoms with Gasteiger partial charge < -0.3 is 9.84 Å².